The van der Waals surface area contributed by atoms with Gasteiger partial charge in [-0.05, 0) is 36.8 Å². The number of aliphatic hydroxyl groups is 1. The number of anilines is 1. The van der Waals surface area contributed by atoms with Gasteiger partial charge in [-0.25, -0.2) is 9.13 Å². The van der Waals surface area contributed by atoms with Crippen molar-refractivity contribution in [3.05, 3.63) is 52.5 Å². The van der Waals surface area contributed by atoms with Gasteiger partial charge in [0.15, 0.2) is 0 Å². The van der Waals surface area contributed by atoms with Gasteiger partial charge in [-0.15, -0.1) is 0 Å². The van der Waals surface area contributed by atoms with Crippen molar-refractivity contribution in [1.82, 2.24) is 4.57 Å². The predicted octanol–water partition coefficient (Wildman–Crippen LogP) is 4.45. The molecule has 0 saturated carbocycles. The lowest BCUT2D eigenvalue weighted by Crippen LogP contribution is -2.43. The van der Waals surface area contributed by atoms with Crippen LogP contribution < -0.4 is 15.0 Å². The number of aryl methyl sites for hydroxylation is 1. The summed E-state index contributed by atoms with van der Waals surface area (Å²) in [5, 5.41) is 11.5. The number of para-hydroxylation sites is 2. The zero-order valence-electron chi connectivity index (χ0n) is 15.9. The van der Waals surface area contributed by atoms with Crippen LogP contribution in [0.4, 0.5) is 5.95 Å². The molecule has 150 valence electrons. The van der Waals surface area contributed by atoms with Crippen molar-refractivity contribution >= 4 is 40.2 Å². The fourth-order valence-corrected chi connectivity index (χ4v) is 3.76. The van der Waals surface area contributed by atoms with Crippen LogP contribution in [0.3, 0.4) is 0 Å². The van der Waals surface area contributed by atoms with E-state index in [-0.39, 0.29) is 6.61 Å². The van der Waals surface area contributed by atoms with Crippen molar-refractivity contribution in [3.8, 4) is 5.75 Å². The van der Waals surface area contributed by atoms with E-state index in [1.54, 1.807) is 18.2 Å². The van der Waals surface area contributed by atoms with Gasteiger partial charge in [-0.1, -0.05) is 55.1 Å². The maximum atomic E-state index is 10.5. The first kappa shape index (κ1) is 20.8. The van der Waals surface area contributed by atoms with Crippen LogP contribution in [0.25, 0.3) is 11.0 Å². The number of aromatic nitrogens is 2. The van der Waals surface area contributed by atoms with Crippen molar-refractivity contribution in [2.24, 2.45) is 0 Å². The highest BCUT2D eigenvalue weighted by molar-refractivity contribution is 6.35. The van der Waals surface area contributed by atoms with Crippen molar-refractivity contribution in [2.45, 2.75) is 45.4 Å². The predicted molar refractivity (Wildman–Crippen MR) is 114 cm³/mol. The van der Waals surface area contributed by atoms with Gasteiger partial charge in [-0.2, -0.15) is 0 Å². The molecule has 0 amide bonds. The first-order valence-electron chi connectivity index (χ1n) is 9.53. The van der Waals surface area contributed by atoms with E-state index in [9.17, 15) is 5.11 Å². The molecule has 1 heterocycles. The number of benzene rings is 2. The first-order valence-corrected chi connectivity index (χ1v) is 10.3. The van der Waals surface area contributed by atoms with Crippen LogP contribution in [0.2, 0.25) is 10.0 Å². The molecule has 5 nitrogen and oxygen atoms in total. The molecule has 0 aliphatic rings. The van der Waals surface area contributed by atoms with E-state index in [2.05, 4.69) is 17.6 Å². The third kappa shape index (κ3) is 4.72. The Hall–Kier alpha value is -1.95. The SMILES string of the molecule is CCCCCn1c(N)[n+](CC(O)COc2ccc(Cl)cc2Cl)c2ccccc21. The number of nitrogen functional groups attached to an aromatic ring is 1. The highest BCUT2D eigenvalue weighted by Gasteiger charge is 2.22. The first-order chi connectivity index (χ1) is 13.5. The number of halogens is 2. The average molecular weight is 423 g/mol. The molecule has 0 aliphatic heterocycles. The molecule has 0 bridgehead atoms. The number of nitrogens with two attached hydrogens (primary N) is 1. The third-order valence-corrected chi connectivity index (χ3v) is 5.25. The summed E-state index contributed by atoms with van der Waals surface area (Å²) in [5.41, 5.74) is 8.51. The Kier molecular flexibility index (Phi) is 7.05. The third-order valence-electron chi connectivity index (χ3n) is 4.72. The van der Waals surface area contributed by atoms with Crippen LogP contribution in [0.1, 0.15) is 26.2 Å². The molecule has 3 N–H and O–H groups in total. The Labute approximate surface area is 175 Å². The minimum absolute atomic E-state index is 0.100. The van der Waals surface area contributed by atoms with Crippen LogP contribution in [0.5, 0.6) is 5.75 Å². The number of hydrogen-bond acceptors (Lipinski definition) is 3. The standard InChI is InChI=1S/C21H25Cl2N3O2/c1-2-3-6-11-25-18-7-4-5-8-19(18)26(21(25)24)13-16(27)14-28-20-10-9-15(22)12-17(20)23/h4-5,7-10,12,16,24,27H,2-3,6,11,13-14H2,1H3/p+1. The molecule has 0 spiro atoms. The molecule has 28 heavy (non-hydrogen) atoms. The Balaban J connectivity index is 1.74. The van der Waals surface area contributed by atoms with Gasteiger partial charge < -0.3 is 9.84 Å². The number of rotatable bonds is 9. The van der Waals surface area contributed by atoms with Crippen LogP contribution >= 0.6 is 23.2 Å². The average Bonchev–Trinajstić information content (AvgIpc) is 2.93. The Morgan fingerprint density at radius 3 is 2.71 bits per heavy atom. The number of hydrogen-bond donors (Lipinski definition) is 2. The summed E-state index contributed by atoms with van der Waals surface area (Å²) in [6, 6.07) is 13.1. The number of aliphatic hydroxyl groups excluding tert-OH is 1. The van der Waals surface area contributed by atoms with Gasteiger partial charge in [0.25, 0.3) is 0 Å². The molecule has 0 radical (unpaired) electrons. The molecule has 1 aromatic heterocycles. The number of imidazole rings is 1. The van der Waals surface area contributed by atoms with Crippen LogP contribution in [0.15, 0.2) is 42.5 Å². The second-order valence-corrected chi connectivity index (χ2v) is 7.70. The fourth-order valence-electron chi connectivity index (χ4n) is 3.30. The molecule has 0 saturated heterocycles. The fraction of sp³-hybridized carbons (Fsp3) is 0.381. The molecule has 7 heteroatoms. The minimum Gasteiger partial charge on any atom is -0.489 e. The normalized spacial score (nSPS) is 12.4. The van der Waals surface area contributed by atoms with Crippen molar-refractivity contribution in [1.29, 1.82) is 0 Å². The van der Waals surface area contributed by atoms with Gasteiger partial charge in [0.05, 0.1) is 11.6 Å². The quantitative estimate of drug-likeness (QED) is 0.395. The lowest BCUT2D eigenvalue weighted by atomic mass is 10.2. The summed E-state index contributed by atoms with van der Waals surface area (Å²) < 4.78 is 9.73. The highest BCUT2D eigenvalue weighted by atomic mass is 35.5. The maximum absolute atomic E-state index is 10.5. The van der Waals surface area contributed by atoms with Crippen LogP contribution in [-0.2, 0) is 13.1 Å². The van der Waals surface area contributed by atoms with Gasteiger partial charge in [-0.3, -0.25) is 5.73 Å². The largest absolute Gasteiger partial charge is 0.489 e. The van der Waals surface area contributed by atoms with Crippen LogP contribution in [0, 0.1) is 0 Å². The second kappa shape index (κ2) is 9.50. The van der Waals surface area contributed by atoms with Crippen molar-refractivity contribution in [2.75, 3.05) is 12.3 Å². The van der Waals surface area contributed by atoms with E-state index in [0.29, 0.717) is 28.3 Å². The Bertz CT molecular complexity index is 943. The molecule has 0 fully saturated rings. The summed E-state index contributed by atoms with van der Waals surface area (Å²) in [6.45, 7) is 3.47. The summed E-state index contributed by atoms with van der Waals surface area (Å²) in [4.78, 5) is 0. The second-order valence-electron chi connectivity index (χ2n) is 6.86. The number of unbranched alkanes of at least 4 members (excludes halogenated alkanes) is 2. The smallest absolute Gasteiger partial charge is 0.356 e. The zero-order chi connectivity index (χ0) is 20.1. The number of nitrogens with zero attached hydrogens (tertiary/aromatic N) is 2. The molecular formula is C21H26Cl2N3O2+. The van der Waals surface area contributed by atoms with Crippen molar-refractivity contribution in [3.63, 3.8) is 0 Å². The minimum atomic E-state index is -0.742. The van der Waals surface area contributed by atoms with Gasteiger partial charge >= 0.3 is 5.95 Å². The van der Waals surface area contributed by atoms with Gasteiger partial charge in [0, 0.05) is 5.02 Å². The van der Waals surface area contributed by atoms with E-state index in [1.165, 1.54) is 0 Å². The molecule has 0 aliphatic carbocycles. The number of fused-ring (bicyclic) bond motifs is 1. The summed E-state index contributed by atoms with van der Waals surface area (Å²) in [5.74, 6) is 1.13. The highest BCUT2D eigenvalue weighted by Crippen LogP contribution is 2.27. The molecule has 3 aromatic rings. The van der Waals surface area contributed by atoms with Crippen LogP contribution in [-0.4, -0.2) is 22.4 Å². The lowest BCUT2D eigenvalue weighted by Gasteiger charge is -2.13. The van der Waals surface area contributed by atoms with Gasteiger partial charge in [0.2, 0.25) is 0 Å². The molecule has 2 aromatic carbocycles. The van der Waals surface area contributed by atoms with E-state index in [4.69, 9.17) is 33.7 Å². The Morgan fingerprint density at radius 2 is 1.96 bits per heavy atom. The van der Waals surface area contributed by atoms with E-state index >= 15 is 0 Å². The topological polar surface area (TPSA) is 64.3 Å². The summed E-state index contributed by atoms with van der Waals surface area (Å²) in [7, 11) is 0. The lowest BCUT2D eigenvalue weighted by molar-refractivity contribution is -0.665. The summed E-state index contributed by atoms with van der Waals surface area (Å²) in [6.07, 6.45) is 2.64. The number of ether oxygens (including phenoxy) is 1. The zero-order valence-corrected chi connectivity index (χ0v) is 17.5. The van der Waals surface area contributed by atoms with E-state index < -0.39 is 6.10 Å². The van der Waals surface area contributed by atoms with E-state index in [1.807, 2.05) is 22.8 Å². The molecule has 1 unspecified atom stereocenters. The molecule has 3 rings (SSSR count). The molecular weight excluding hydrogens is 397 g/mol. The van der Waals surface area contributed by atoms with E-state index in [0.717, 1.165) is 36.8 Å². The van der Waals surface area contributed by atoms with Crippen molar-refractivity contribution < 1.29 is 14.4 Å². The summed E-state index contributed by atoms with van der Waals surface area (Å²) >= 11 is 12.0. The Morgan fingerprint density at radius 1 is 1.18 bits per heavy atom. The monoisotopic (exact) mass is 422 g/mol. The molecule has 1 atom stereocenters. The van der Waals surface area contributed by atoms with Gasteiger partial charge in [0.1, 0.15) is 36.0 Å². The maximum Gasteiger partial charge on any atom is 0.356 e.